The van der Waals surface area contributed by atoms with E-state index in [2.05, 4.69) is 29.0 Å². The van der Waals surface area contributed by atoms with Crippen molar-refractivity contribution >= 4 is 5.91 Å². The number of nitrogens with zero attached hydrogens (tertiary/aromatic N) is 3. The number of likely N-dealkylation sites (tertiary alicyclic amines) is 1. The zero-order chi connectivity index (χ0) is 17.4. The van der Waals surface area contributed by atoms with Crippen molar-refractivity contribution in [3.63, 3.8) is 0 Å². The number of β-amino-alcohol motifs (C(OH)–C–C–N with tert-alkyl or cyclic N) is 1. The maximum atomic E-state index is 12.9. The van der Waals surface area contributed by atoms with Crippen molar-refractivity contribution in [2.45, 2.75) is 31.3 Å². The van der Waals surface area contributed by atoms with Gasteiger partial charge in [0, 0.05) is 44.8 Å². The minimum absolute atomic E-state index is 0.0732. The lowest BCUT2D eigenvalue weighted by atomic mass is 10.0. The molecule has 0 aromatic heterocycles. The van der Waals surface area contributed by atoms with E-state index in [4.69, 9.17) is 0 Å². The zero-order valence-electron chi connectivity index (χ0n) is 15.2. The predicted octanol–water partition coefficient (Wildman–Crippen LogP) is 1.000. The first-order valence-corrected chi connectivity index (χ1v) is 9.57. The highest BCUT2D eigenvalue weighted by molar-refractivity contribution is 5.94. The summed E-state index contributed by atoms with van der Waals surface area (Å²) in [5.41, 5.74) is 2.74. The molecular weight excluding hydrogens is 314 g/mol. The van der Waals surface area contributed by atoms with Crippen LogP contribution in [0.1, 0.15) is 34.3 Å². The molecule has 25 heavy (non-hydrogen) atoms. The predicted molar refractivity (Wildman–Crippen MR) is 97.9 cm³/mol. The lowest BCUT2D eigenvalue weighted by molar-refractivity contribution is 0.000525. The molecule has 1 aromatic rings. The van der Waals surface area contributed by atoms with Crippen LogP contribution >= 0.6 is 0 Å². The van der Waals surface area contributed by atoms with E-state index in [1.54, 1.807) is 0 Å². The fraction of sp³-hybridized carbons (Fsp3) is 0.650. The Morgan fingerprint density at radius 3 is 2.68 bits per heavy atom. The lowest BCUT2D eigenvalue weighted by Crippen LogP contribution is -2.52. The molecule has 5 nitrogen and oxygen atoms in total. The Labute approximate surface area is 150 Å². The molecule has 2 aliphatic heterocycles. The number of carbonyl (C=O) groups is 1. The third kappa shape index (κ3) is 3.59. The first-order chi connectivity index (χ1) is 12.0. The van der Waals surface area contributed by atoms with Gasteiger partial charge in [-0.25, -0.2) is 0 Å². The van der Waals surface area contributed by atoms with Crippen molar-refractivity contribution in [1.29, 1.82) is 0 Å². The number of carbonyl (C=O) groups excluding carboxylic acids is 1. The first-order valence-electron chi connectivity index (χ1n) is 9.57. The van der Waals surface area contributed by atoms with E-state index in [1.807, 2.05) is 11.0 Å². The second-order valence-corrected chi connectivity index (χ2v) is 8.12. The van der Waals surface area contributed by atoms with Gasteiger partial charge in [-0.15, -0.1) is 0 Å². The molecule has 2 saturated heterocycles. The molecule has 136 valence electrons. The monoisotopic (exact) mass is 343 g/mol. The molecule has 0 radical (unpaired) electrons. The summed E-state index contributed by atoms with van der Waals surface area (Å²) in [5, 5.41) is 11.0. The van der Waals surface area contributed by atoms with Gasteiger partial charge in [-0.3, -0.25) is 9.69 Å². The largest absolute Gasteiger partial charge is 0.387 e. The molecule has 1 unspecified atom stereocenters. The van der Waals surface area contributed by atoms with Crippen molar-refractivity contribution in [3.05, 3.63) is 34.9 Å². The molecular formula is C20H29N3O2. The maximum absolute atomic E-state index is 12.9. The Kier molecular flexibility index (Phi) is 4.56. The zero-order valence-corrected chi connectivity index (χ0v) is 15.2. The van der Waals surface area contributed by atoms with Gasteiger partial charge < -0.3 is 14.9 Å². The third-order valence-electron chi connectivity index (χ3n) is 6.08. The molecule has 1 amide bonds. The highest BCUT2D eigenvalue weighted by atomic mass is 16.3. The van der Waals surface area contributed by atoms with Crippen LogP contribution in [0.25, 0.3) is 0 Å². The molecule has 2 heterocycles. The quantitative estimate of drug-likeness (QED) is 0.890. The molecule has 5 heteroatoms. The summed E-state index contributed by atoms with van der Waals surface area (Å²) in [6.07, 6.45) is 4.10. The smallest absolute Gasteiger partial charge is 0.253 e. The topological polar surface area (TPSA) is 47.0 Å². The second kappa shape index (κ2) is 6.71. The molecule has 1 atom stereocenters. The average Bonchev–Trinajstić information content (AvgIpc) is 3.22. The van der Waals surface area contributed by atoms with Gasteiger partial charge in [0.05, 0.1) is 12.1 Å². The van der Waals surface area contributed by atoms with Crippen LogP contribution in [0, 0.1) is 0 Å². The maximum Gasteiger partial charge on any atom is 0.253 e. The highest BCUT2D eigenvalue weighted by Gasteiger charge is 2.40. The number of fused-ring (bicyclic) bond motifs is 1. The Balaban J connectivity index is 1.38. The molecule has 3 aliphatic rings. The van der Waals surface area contributed by atoms with E-state index in [0.717, 1.165) is 44.6 Å². The molecule has 1 aromatic carbocycles. The van der Waals surface area contributed by atoms with Crippen LogP contribution in [0.3, 0.4) is 0 Å². The molecule has 2 fully saturated rings. The standard InChI is InChI=1S/C20H29N3O2/c1-21-9-11-22(12-10-21)14-20(25)7-8-23(15-20)19(24)18-6-5-16-3-2-4-17(16)13-18/h5-6,13,25H,2-4,7-12,14-15H2,1H3. The second-order valence-electron chi connectivity index (χ2n) is 8.12. The molecule has 4 rings (SSSR count). The molecule has 1 N–H and O–H groups in total. The summed E-state index contributed by atoms with van der Waals surface area (Å²) >= 11 is 0. The van der Waals surface area contributed by atoms with Gasteiger partial charge in [0.15, 0.2) is 0 Å². The van der Waals surface area contributed by atoms with Gasteiger partial charge >= 0.3 is 0 Å². The number of benzene rings is 1. The summed E-state index contributed by atoms with van der Waals surface area (Å²) in [6, 6.07) is 6.15. The summed E-state index contributed by atoms with van der Waals surface area (Å²) < 4.78 is 0. The molecule has 1 aliphatic carbocycles. The normalized spacial score (nSPS) is 27.7. The Hall–Kier alpha value is -1.43. The van der Waals surface area contributed by atoms with E-state index in [0.29, 0.717) is 26.1 Å². The van der Waals surface area contributed by atoms with Crippen molar-refractivity contribution in [2.24, 2.45) is 0 Å². The van der Waals surface area contributed by atoms with Crippen LogP contribution < -0.4 is 0 Å². The van der Waals surface area contributed by atoms with E-state index in [9.17, 15) is 9.90 Å². The van der Waals surface area contributed by atoms with Crippen LogP contribution in [0.5, 0.6) is 0 Å². The molecule has 0 bridgehead atoms. The van der Waals surface area contributed by atoms with Crippen LogP contribution in [-0.2, 0) is 12.8 Å². The van der Waals surface area contributed by atoms with Gasteiger partial charge in [-0.1, -0.05) is 6.07 Å². The van der Waals surface area contributed by atoms with Gasteiger partial charge in [-0.05, 0) is 56.0 Å². The number of hydrogen-bond acceptors (Lipinski definition) is 4. The average molecular weight is 343 g/mol. The van der Waals surface area contributed by atoms with Crippen molar-refractivity contribution < 1.29 is 9.90 Å². The third-order valence-corrected chi connectivity index (χ3v) is 6.08. The number of likely N-dealkylation sites (N-methyl/N-ethyl adjacent to an activating group) is 1. The molecule has 0 saturated carbocycles. The summed E-state index contributed by atoms with van der Waals surface area (Å²) in [5.74, 6) is 0.0732. The number of rotatable bonds is 3. The van der Waals surface area contributed by atoms with Crippen LogP contribution in [0.15, 0.2) is 18.2 Å². The van der Waals surface area contributed by atoms with Crippen molar-refractivity contribution in [3.8, 4) is 0 Å². The fourth-order valence-electron chi connectivity index (χ4n) is 4.47. The highest BCUT2D eigenvalue weighted by Crippen LogP contribution is 2.27. The van der Waals surface area contributed by atoms with Gasteiger partial charge in [0.2, 0.25) is 0 Å². The summed E-state index contributed by atoms with van der Waals surface area (Å²) in [6.45, 7) is 5.88. The SMILES string of the molecule is CN1CCN(CC2(O)CCN(C(=O)c3ccc4c(c3)CCC4)C2)CC1. The van der Waals surface area contributed by atoms with Crippen molar-refractivity contribution in [1.82, 2.24) is 14.7 Å². The summed E-state index contributed by atoms with van der Waals surface area (Å²) in [7, 11) is 2.14. The van der Waals surface area contributed by atoms with Crippen LogP contribution in [0.2, 0.25) is 0 Å². The van der Waals surface area contributed by atoms with Gasteiger partial charge in [0.1, 0.15) is 0 Å². The van der Waals surface area contributed by atoms with E-state index >= 15 is 0 Å². The van der Waals surface area contributed by atoms with E-state index in [-0.39, 0.29) is 5.91 Å². The van der Waals surface area contributed by atoms with Crippen LogP contribution in [-0.4, -0.2) is 84.2 Å². The van der Waals surface area contributed by atoms with Gasteiger partial charge in [-0.2, -0.15) is 0 Å². The van der Waals surface area contributed by atoms with E-state index in [1.165, 1.54) is 17.5 Å². The minimum atomic E-state index is -0.762. The Morgan fingerprint density at radius 1 is 1.12 bits per heavy atom. The van der Waals surface area contributed by atoms with Crippen LogP contribution in [0.4, 0.5) is 0 Å². The Morgan fingerprint density at radius 2 is 1.88 bits per heavy atom. The number of aryl methyl sites for hydroxylation is 2. The number of hydrogen-bond donors (Lipinski definition) is 1. The number of aliphatic hydroxyl groups is 1. The van der Waals surface area contributed by atoms with E-state index < -0.39 is 5.60 Å². The number of amides is 1. The fourth-order valence-corrected chi connectivity index (χ4v) is 4.47. The minimum Gasteiger partial charge on any atom is -0.387 e. The Bertz CT molecular complexity index is 654. The van der Waals surface area contributed by atoms with Gasteiger partial charge in [0.25, 0.3) is 5.91 Å². The van der Waals surface area contributed by atoms with Crippen molar-refractivity contribution in [2.75, 3.05) is 52.9 Å². The summed E-state index contributed by atoms with van der Waals surface area (Å²) in [4.78, 5) is 19.4. The number of piperazine rings is 1. The molecule has 0 spiro atoms. The lowest BCUT2D eigenvalue weighted by Gasteiger charge is -2.36. The first kappa shape index (κ1) is 17.0.